The van der Waals surface area contributed by atoms with Crippen LogP contribution in [0.3, 0.4) is 0 Å². The van der Waals surface area contributed by atoms with Crippen LogP contribution in [-0.4, -0.2) is 0 Å². The van der Waals surface area contributed by atoms with Gasteiger partial charge in [-0.25, -0.2) is 0 Å². The van der Waals surface area contributed by atoms with Crippen LogP contribution in [0.4, 0.5) is 17.1 Å². The van der Waals surface area contributed by atoms with E-state index in [9.17, 15) is 0 Å². The van der Waals surface area contributed by atoms with Crippen LogP contribution in [0.25, 0.3) is 55.3 Å². The van der Waals surface area contributed by atoms with Crippen LogP contribution in [0.5, 0.6) is 0 Å². The van der Waals surface area contributed by atoms with E-state index < -0.39 is 0 Å². The molecule has 0 atom stereocenters. The minimum absolute atomic E-state index is 0.0653. The van der Waals surface area contributed by atoms with E-state index in [-0.39, 0.29) is 10.8 Å². The van der Waals surface area contributed by atoms with Gasteiger partial charge in [0.25, 0.3) is 0 Å². The summed E-state index contributed by atoms with van der Waals surface area (Å²) in [6.07, 6.45) is 0. The molecule has 254 valence electrons. The Kier molecular flexibility index (Phi) is 6.94. The van der Waals surface area contributed by atoms with E-state index in [0.717, 1.165) is 17.1 Å². The van der Waals surface area contributed by atoms with Crippen molar-refractivity contribution in [2.45, 2.75) is 38.5 Å². The van der Waals surface area contributed by atoms with Crippen LogP contribution in [0.2, 0.25) is 0 Å². The van der Waals surface area contributed by atoms with Gasteiger partial charge < -0.3 is 4.90 Å². The molecule has 10 rings (SSSR count). The first kappa shape index (κ1) is 31.5. The average Bonchev–Trinajstić information content (AvgIpc) is 3.58. The maximum absolute atomic E-state index is 2.50. The van der Waals surface area contributed by atoms with E-state index in [2.05, 4.69) is 209 Å². The third-order valence-electron chi connectivity index (χ3n) is 12.1. The number of fused-ring (bicyclic) bond motifs is 8. The Morgan fingerprint density at radius 1 is 0.358 bits per heavy atom. The smallest absolute Gasteiger partial charge is 0.0540 e. The topological polar surface area (TPSA) is 3.24 Å². The molecule has 0 N–H and O–H groups in total. The first-order valence-corrected chi connectivity index (χ1v) is 18.8. The molecule has 0 unspecified atom stereocenters. The molecule has 0 spiro atoms. The predicted octanol–water partition coefficient (Wildman–Crippen LogP) is 14.3. The van der Waals surface area contributed by atoms with Crippen LogP contribution < -0.4 is 4.90 Å². The number of benzene rings is 8. The van der Waals surface area contributed by atoms with Gasteiger partial charge in [0, 0.05) is 27.8 Å². The number of hydrogen-bond donors (Lipinski definition) is 0. The lowest BCUT2D eigenvalue weighted by Crippen LogP contribution is -2.17. The summed E-state index contributed by atoms with van der Waals surface area (Å²) >= 11 is 0. The molecule has 0 saturated carbocycles. The summed E-state index contributed by atoms with van der Waals surface area (Å²) < 4.78 is 0. The fraction of sp³-hybridized carbons (Fsp3) is 0.115. The summed E-state index contributed by atoms with van der Waals surface area (Å²) in [4.78, 5) is 2.50. The molecule has 0 aliphatic heterocycles. The van der Waals surface area contributed by atoms with Gasteiger partial charge in [0.2, 0.25) is 0 Å². The molecular formula is C52H41N. The van der Waals surface area contributed by atoms with Crippen molar-refractivity contribution in [2.24, 2.45) is 0 Å². The van der Waals surface area contributed by atoms with Crippen molar-refractivity contribution in [1.29, 1.82) is 0 Å². The Bertz CT molecular complexity index is 2720. The van der Waals surface area contributed by atoms with Crippen molar-refractivity contribution in [1.82, 2.24) is 0 Å². The second kappa shape index (κ2) is 11.7. The highest BCUT2D eigenvalue weighted by Crippen LogP contribution is 2.54. The van der Waals surface area contributed by atoms with Gasteiger partial charge in [-0.1, -0.05) is 167 Å². The summed E-state index contributed by atoms with van der Waals surface area (Å²) in [5.41, 5.74) is 19.0. The van der Waals surface area contributed by atoms with E-state index in [0.29, 0.717) is 0 Å². The molecule has 0 heterocycles. The Balaban J connectivity index is 1.25. The number of rotatable bonds is 5. The van der Waals surface area contributed by atoms with Crippen LogP contribution in [0.15, 0.2) is 176 Å². The third kappa shape index (κ3) is 4.77. The van der Waals surface area contributed by atoms with Crippen LogP contribution in [0, 0.1) is 0 Å². The van der Waals surface area contributed by atoms with Gasteiger partial charge in [0.1, 0.15) is 0 Å². The third-order valence-corrected chi connectivity index (χ3v) is 12.1. The van der Waals surface area contributed by atoms with Gasteiger partial charge in [-0.05, 0) is 108 Å². The second-order valence-corrected chi connectivity index (χ2v) is 15.8. The SMILES string of the molecule is CC1(C)c2ccccc2-c2ccc(N(c3ccc4ccc5c(c4c3)-c3ccccc3C5(C)C)c3ccc(-c4ccccc4)cc3-c3ccccc3)cc21. The van der Waals surface area contributed by atoms with Gasteiger partial charge in [-0.3, -0.25) is 0 Å². The van der Waals surface area contributed by atoms with Crippen LogP contribution >= 0.6 is 0 Å². The van der Waals surface area contributed by atoms with E-state index in [1.807, 2.05) is 0 Å². The first-order valence-electron chi connectivity index (χ1n) is 18.8. The molecule has 8 aromatic rings. The molecule has 53 heavy (non-hydrogen) atoms. The quantitative estimate of drug-likeness (QED) is 0.175. The average molecular weight is 680 g/mol. The maximum atomic E-state index is 2.50. The van der Waals surface area contributed by atoms with E-state index >= 15 is 0 Å². The van der Waals surface area contributed by atoms with Crippen molar-refractivity contribution in [3.8, 4) is 44.5 Å². The highest BCUT2D eigenvalue weighted by atomic mass is 15.1. The minimum atomic E-state index is -0.119. The van der Waals surface area contributed by atoms with Gasteiger partial charge in [0.15, 0.2) is 0 Å². The Morgan fingerprint density at radius 3 is 1.68 bits per heavy atom. The van der Waals surface area contributed by atoms with E-state index in [1.165, 1.54) is 77.5 Å². The molecule has 0 fully saturated rings. The first-order chi connectivity index (χ1) is 25.8. The molecular weight excluding hydrogens is 639 g/mol. The Morgan fingerprint density at radius 2 is 0.925 bits per heavy atom. The lowest BCUT2D eigenvalue weighted by molar-refractivity contribution is 0.660. The van der Waals surface area contributed by atoms with Crippen LogP contribution in [0.1, 0.15) is 49.9 Å². The van der Waals surface area contributed by atoms with Crippen molar-refractivity contribution >= 4 is 27.8 Å². The summed E-state index contributed by atoms with van der Waals surface area (Å²) in [5, 5.41) is 2.55. The summed E-state index contributed by atoms with van der Waals surface area (Å²) in [7, 11) is 0. The molecule has 0 saturated heterocycles. The van der Waals surface area contributed by atoms with Crippen molar-refractivity contribution in [3.05, 3.63) is 198 Å². The zero-order valence-corrected chi connectivity index (χ0v) is 30.7. The largest absolute Gasteiger partial charge is 0.310 e. The number of nitrogens with zero attached hydrogens (tertiary/aromatic N) is 1. The second-order valence-electron chi connectivity index (χ2n) is 15.8. The molecule has 1 nitrogen and oxygen atoms in total. The maximum Gasteiger partial charge on any atom is 0.0540 e. The zero-order chi connectivity index (χ0) is 35.9. The summed E-state index contributed by atoms with van der Waals surface area (Å²) in [6.45, 7) is 9.47. The molecule has 8 aromatic carbocycles. The standard InChI is InChI=1S/C52H41N/c1-51(2)46-22-14-12-20-42(46)50-44-32-38(26-23-36(44)24-29-47(50)51)53(39-27-28-41-40-19-11-13-21-45(40)52(3,4)48(41)33-39)49-30-25-37(34-15-7-5-8-16-34)31-43(49)35-17-9-6-10-18-35/h5-33H,1-4H3. The predicted molar refractivity (Wildman–Crippen MR) is 225 cm³/mol. The van der Waals surface area contributed by atoms with E-state index in [4.69, 9.17) is 0 Å². The van der Waals surface area contributed by atoms with Gasteiger partial charge in [0.05, 0.1) is 5.69 Å². The zero-order valence-electron chi connectivity index (χ0n) is 30.7. The van der Waals surface area contributed by atoms with Crippen LogP contribution in [-0.2, 0) is 10.8 Å². The van der Waals surface area contributed by atoms with Gasteiger partial charge in [-0.15, -0.1) is 0 Å². The number of hydrogen-bond acceptors (Lipinski definition) is 1. The molecule has 2 aliphatic carbocycles. The fourth-order valence-electron chi connectivity index (χ4n) is 9.30. The molecule has 0 amide bonds. The minimum Gasteiger partial charge on any atom is -0.310 e. The molecule has 1 heteroatoms. The normalized spacial score (nSPS) is 14.3. The van der Waals surface area contributed by atoms with Gasteiger partial charge >= 0.3 is 0 Å². The van der Waals surface area contributed by atoms with Crippen molar-refractivity contribution < 1.29 is 0 Å². The monoisotopic (exact) mass is 679 g/mol. The van der Waals surface area contributed by atoms with Crippen molar-refractivity contribution in [2.75, 3.05) is 4.90 Å². The Hall–Kier alpha value is -6.18. The molecule has 0 bridgehead atoms. The summed E-state index contributed by atoms with van der Waals surface area (Å²) in [5.74, 6) is 0. The van der Waals surface area contributed by atoms with Gasteiger partial charge in [-0.2, -0.15) is 0 Å². The lowest BCUT2D eigenvalue weighted by atomic mass is 9.82. The van der Waals surface area contributed by atoms with E-state index in [1.54, 1.807) is 0 Å². The lowest BCUT2D eigenvalue weighted by Gasteiger charge is -2.30. The fourth-order valence-corrected chi connectivity index (χ4v) is 9.30. The highest BCUT2D eigenvalue weighted by molar-refractivity contribution is 6.05. The summed E-state index contributed by atoms with van der Waals surface area (Å²) in [6, 6.07) is 65.3. The Labute approximate surface area is 312 Å². The molecule has 0 aromatic heterocycles. The number of anilines is 3. The molecule has 2 aliphatic rings. The molecule has 0 radical (unpaired) electrons. The van der Waals surface area contributed by atoms with Crippen molar-refractivity contribution in [3.63, 3.8) is 0 Å². The highest BCUT2D eigenvalue weighted by Gasteiger charge is 2.37.